The quantitative estimate of drug-likeness (QED) is 0.628. The zero-order valence-corrected chi connectivity index (χ0v) is 14.7. The molecule has 4 heterocycles. The first-order valence-electron chi connectivity index (χ1n) is 8.74. The van der Waals surface area contributed by atoms with Crippen LogP contribution < -0.4 is 15.5 Å². The van der Waals surface area contributed by atoms with Gasteiger partial charge in [0.25, 0.3) is 5.92 Å². The third kappa shape index (κ3) is 3.84. The molecule has 3 aromatic rings. The summed E-state index contributed by atoms with van der Waals surface area (Å²) in [6, 6.07) is 7.50. The van der Waals surface area contributed by atoms with Crippen molar-refractivity contribution in [3.8, 4) is 0 Å². The summed E-state index contributed by atoms with van der Waals surface area (Å²) in [7, 11) is 0. The van der Waals surface area contributed by atoms with E-state index in [2.05, 4.69) is 32.2 Å². The van der Waals surface area contributed by atoms with E-state index in [0.29, 0.717) is 24.7 Å². The zero-order chi connectivity index (χ0) is 18.9. The van der Waals surface area contributed by atoms with E-state index in [4.69, 9.17) is 0 Å². The molecule has 8 heteroatoms. The van der Waals surface area contributed by atoms with Crippen LogP contribution in [0.15, 0.2) is 55.3 Å². The molecule has 0 radical (unpaired) electrons. The lowest BCUT2D eigenvalue weighted by atomic mass is 10.1. The second-order valence-corrected chi connectivity index (χ2v) is 6.58. The molecule has 0 spiro atoms. The maximum Gasteiger partial charge on any atom is 0.251 e. The number of pyridine rings is 2. The van der Waals surface area contributed by atoms with E-state index in [1.165, 1.54) is 0 Å². The highest BCUT2D eigenvalue weighted by atomic mass is 19.3. The molecule has 1 fully saturated rings. The number of nitrogens with one attached hydrogen (secondary N) is 3. The maximum atomic E-state index is 13.3. The topological polar surface area (TPSA) is 68.9 Å². The van der Waals surface area contributed by atoms with Gasteiger partial charge >= 0.3 is 0 Å². The van der Waals surface area contributed by atoms with Gasteiger partial charge in [-0.1, -0.05) is 6.58 Å². The van der Waals surface area contributed by atoms with Crippen LogP contribution in [0.4, 0.5) is 26.0 Å². The number of rotatable bonds is 5. The lowest BCUT2D eigenvalue weighted by Crippen LogP contribution is -2.39. The smallest absolute Gasteiger partial charge is 0.251 e. The number of halogens is 2. The van der Waals surface area contributed by atoms with E-state index in [-0.39, 0.29) is 12.8 Å². The molecule has 0 aliphatic carbocycles. The van der Waals surface area contributed by atoms with Crippen molar-refractivity contribution in [2.45, 2.75) is 18.8 Å². The van der Waals surface area contributed by atoms with Crippen LogP contribution in [0.5, 0.6) is 0 Å². The van der Waals surface area contributed by atoms with Crippen LogP contribution in [-0.2, 0) is 0 Å². The van der Waals surface area contributed by atoms with E-state index in [9.17, 15) is 8.78 Å². The Morgan fingerprint density at radius 3 is 2.70 bits per heavy atom. The molecule has 1 saturated heterocycles. The molecule has 1 aliphatic heterocycles. The molecule has 27 heavy (non-hydrogen) atoms. The van der Waals surface area contributed by atoms with Crippen LogP contribution in [-0.4, -0.2) is 34.0 Å². The molecule has 0 unspecified atom stereocenters. The average molecular weight is 370 g/mol. The summed E-state index contributed by atoms with van der Waals surface area (Å²) in [6.45, 7) is 4.60. The first-order chi connectivity index (χ1) is 13.0. The molecule has 4 rings (SSSR count). The van der Waals surface area contributed by atoms with Crippen LogP contribution in [0.2, 0.25) is 0 Å². The Morgan fingerprint density at radius 2 is 1.96 bits per heavy atom. The number of aromatic nitrogens is 3. The number of piperidine rings is 1. The van der Waals surface area contributed by atoms with Crippen molar-refractivity contribution in [3.63, 3.8) is 0 Å². The van der Waals surface area contributed by atoms with Crippen molar-refractivity contribution in [1.29, 1.82) is 0 Å². The molecule has 0 atom stereocenters. The van der Waals surface area contributed by atoms with Gasteiger partial charge in [-0.05, 0) is 24.3 Å². The second kappa shape index (κ2) is 6.86. The van der Waals surface area contributed by atoms with E-state index in [0.717, 1.165) is 22.4 Å². The number of H-pyrrole nitrogens is 1. The first kappa shape index (κ1) is 17.3. The molecule has 1 aliphatic rings. The number of hydrogen-bond acceptors (Lipinski definition) is 5. The van der Waals surface area contributed by atoms with Crippen molar-refractivity contribution in [1.82, 2.24) is 15.0 Å². The number of hydrogen-bond donors (Lipinski definition) is 3. The summed E-state index contributed by atoms with van der Waals surface area (Å²) in [5.74, 6) is -1.28. The summed E-state index contributed by atoms with van der Waals surface area (Å²) in [5, 5.41) is 6.32. The fourth-order valence-corrected chi connectivity index (χ4v) is 3.13. The predicted octanol–water partition coefficient (Wildman–Crippen LogP) is 4.19. The molecule has 0 saturated carbocycles. The Morgan fingerprint density at radius 1 is 1.15 bits per heavy atom. The molecule has 140 valence electrons. The lowest BCUT2D eigenvalue weighted by molar-refractivity contribution is -0.0221. The first-order valence-corrected chi connectivity index (χ1v) is 8.74. The average Bonchev–Trinajstić information content (AvgIpc) is 3.05. The van der Waals surface area contributed by atoms with Gasteiger partial charge in [-0.2, -0.15) is 0 Å². The Labute approximate surface area is 155 Å². The van der Waals surface area contributed by atoms with Crippen molar-refractivity contribution in [2.24, 2.45) is 0 Å². The van der Waals surface area contributed by atoms with Gasteiger partial charge in [-0.15, -0.1) is 0 Å². The molecular weight excluding hydrogens is 350 g/mol. The highest BCUT2D eigenvalue weighted by Crippen LogP contribution is 2.30. The van der Waals surface area contributed by atoms with Gasteiger partial charge < -0.3 is 20.5 Å². The van der Waals surface area contributed by atoms with E-state index >= 15 is 0 Å². The molecule has 0 aromatic carbocycles. The van der Waals surface area contributed by atoms with Gasteiger partial charge in [0, 0.05) is 38.3 Å². The van der Waals surface area contributed by atoms with Gasteiger partial charge in [0.2, 0.25) is 0 Å². The number of alkyl halides is 2. The van der Waals surface area contributed by atoms with Gasteiger partial charge in [-0.25, -0.2) is 13.8 Å². The highest BCUT2D eigenvalue weighted by molar-refractivity contribution is 5.89. The Kier molecular flexibility index (Phi) is 4.39. The fourth-order valence-electron chi connectivity index (χ4n) is 3.13. The van der Waals surface area contributed by atoms with Gasteiger partial charge in [0.15, 0.2) is 0 Å². The standard InChI is InChI=1S/C19H20F2N6/c1-13(26-16-12-23-15-3-2-8-22-18(15)16)25-14-4-5-17(24-11-14)27-9-6-19(20,21)7-10-27/h2-5,8,11-12,23,25-26H,1,6-7,9-10H2. The summed E-state index contributed by atoms with van der Waals surface area (Å²) in [4.78, 5) is 13.7. The minimum Gasteiger partial charge on any atom is -0.358 e. The number of aromatic amines is 1. The van der Waals surface area contributed by atoms with Crippen molar-refractivity contribution < 1.29 is 8.78 Å². The Bertz CT molecular complexity index is 940. The summed E-state index contributed by atoms with van der Waals surface area (Å²) >= 11 is 0. The fraction of sp³-hybridized carbons (Fsp3) is 0.263. The Balaban J connectivity index is 1.37. The zero-order valence-electron chi connectivity index (χ0n) is 14.7. The summed E-state index contributed by atoms with van der Waals surface area (Å²) in [5.41, 5.74) is 3.34. The van der Waals surface area contributed by atoms with Crippen LogP contribution >= 0.6 is 0 Å². The monoisotopic (exact) mass is 370 g/mol. The van der Waals surface area contributed by atoms with Crippen LogP contribution in [0.3, 0.4) is 0 Å². The Hall–Kier alpha value is -3.16. The molecular formula is C19H20F2N6. The van der Waals surface area contributed by atoms with Gasteiger partial charge in [0.1, 0.15) is 17.2 Å². The van der Waals surface area contributed by atoms with E-state index < -0.39 is 5.92 Å². The second-order valence-electron chi connectivity index (χ2n) is 6.58. The van der Waals surface area contributed by atoms with Gasteiger partial charge in [-0.3, -0.25) is 4.98 Å². The minimum absolute atomic E-state index is 0.131. The summed E-state index contributed by atoms with van der Waals surface area (Å²) < 4.78 is 26.5. The molecule has 0 bridgehead atoms. The highest BCUT2D eigenvalue weighted by Gasteiger charge is 2.34. The van der Waals surface area contributed by atoms with Crippen LogP contribution in [0.25, 0.3) is 11.0 Å². The number of anilines is 3. The number of nitrogens with zero attached hydrogens (tertiary/aromatic N) is 3. The third-order valence-corrected chi connectivity index (χ3v) is 4.58. The van der Waals surface area contributed by atoms with E-state index in [1.807, 2.05) is 35.4 Å². The SMILES string of the molecule is C=C(Nc1ccc(N2CCC(F)(F)CC2)nc1)Nc1c[nH]c2cccnc12. The van der Waals surface area contributed by atoms with Crippen LogP contribution in [0.1, 0.15) is 12.8 Å². The molecule has 3 N–H and O–H groups in total. The molecule has 3 aromatic heterocycles. The van der Waals surface area contributed by atoms with Crippen molar-refractivity contribution in [3.05, 3.63) is 55.3 Å². The molecule has 0 amide bonds. The summed E-state index contributed by atoms with van der Waals surface area (Å²) in [6.07, 6.45) is 4.97. The lowest BCUT2D eigenvalue weighted by Gasteiger charge is -2.32. The largest absolute Gasteiger partial charge is 0.358 e. The minimum atomic E-state index is -2.56. The predicted molar refractivity (Wildman–Crippen MR) is 103 cm³/mol. The van der Waals surface area contributed by atoms with E-state index in [1.54, 1.807) is 12.4 Å². The van der Waals surface area contributed by atoms with Crippen molar-refractivity contribution >= 4 is 28.2 Å². The molecule has 6 nitrogen and oxygen atoms in total. The van der Waals surface area contributed by atoms with Gasteiger partial charge in [0.05, 0.1) is 23.1 Å². The van der Waals surface area contributed by atoms with Crippen molar-refractivity contribution in [2.75, 3.05) is 28.6 Å². The number of fused-ring (bicyclic) bond motifs is 1. The normalized spacial score (nSPS) is 16.3. The third-order valence-electron chi connectivity index (χ3n) is 4.58. The van der Waals surface area contributed by atoms with Crippen LogP contribution in [0, 0.1) is 0 Å². The maximum absolute atomic E-state index is 13.3.